The van der Waals surface area contributed by atoms with Crippen molar-refractivity contribution in [2.75, 3.05) is 37.6 Å². The van der Waals surface area contributed by atoms with E-state index in [4.69, 9.17) is 5.73 Å². The van der Waals surface area contributed by atoms with Crippen LogP contribution in [0.25, 0.3) is 0 Å². The number of aliphatic imine (C=N–C) groups is 1. The van der Waals surface area contributed by atoms with Gasteiger partial charge in [-0.05, 0) is 6.07 Å². The molecule has 7 nitrogen and oxygen atoms in total. The maximum absolute atomic E-state index is 12.5. The van der Waals surface area contributed by atoms with Gasteiger partial charge in [0.25, 0.3) is 0 Å². The Morgan fingerprint density at radius 1 is 1.19 bits per heavy atom. The summed E-state index contributed by atoms with van der Waals surface area (Å²) in [4.78, 5) is 20.3. The Balaban J connectivity index is 1.47. The lowest BCUT2D eigenvalue weighted by atomic mass is 10.3. The Labute approximate surface area is 152 Å². The minimum absolute atomic E-state index is 0.304. The van der Waals surface area contributed by atoms with Gasteiger partial charge in [-0.1, -0.05) is 0 Å². The molecule has 2 N–H and O–H groups in total. The van der Waals surface area contributed by atoms with Gasteiger partial charge in [0.2, 0.25) is 5.95 Å². The lowest BCUT2D eigenvalue weighted by molar-refractivity contribution is -0.140. The first-order valence-corrected chi connectivity index (χ1v) is 8.90. The second kappa shape index (κ2) is 7.85. The highest BCUT2D eigenvalue weighted by molar-refractivity contribution is 7.09. The van der Waals surface area contributed by atoms with Gasteiger partial charge in [0.05, 0.1) is 5.01 Å². The molecule has 0 saturated carbocycles. The zero-order chi connectivity index (χ0) is 18.6. The maximum atomic E-state index is 12.5. The first-order chi connectivity index (χ1) is 12.4. The van der Waals surface area contributed by atoms with Crippen molar-refractivity contribution in [2.24, 2.45) is 10.7 Å². The predicted octanol–water partition coefficient (Wildman–Crippen LogP) is 1.63. The minimum atomic E-state index is -4.40. The second-order valence-electron chi connectivity index (χ2n) is 5.64. The first kappa shape index (κ1) is 18.4. The molecule has 0 bridgehead atoms. The van der Waals surface area contributed by atoms with Crippen LogP contribution in [0.1, 0.15) is 10.7 Å². The molecule has 2 aromatic rings. The topological polar surface area (TPSA) is 83.5 Å². The van der Waals surface area contributed by atoms with Crippen LogP contribution in [0.4, 0.5) is 19.1 Å². The summed E-state index contributed by atoms with van der Waals surface area (Å²) in [5.74, 6) is 1.08. The van der Waals surface area contributed by atoms with E-state index in [1.165, 1.54) is 0 Å². The van der Waals surface area contributed by atoms with Crippen LogP contribution in [0, 0.1) is 0 Å². The number of nitrogens with zero attached hydrogens (tertiary/aromatic N) is 6. The van der Waals surface area contributed by atoms with Crippen LogP contribution in [-0.2, 0) is 12.6 Å². The molecule has 26 heavy (non-hydrogen) atoms. The highest BCUT2D eigenvalue weighted by Gasteiger charge is 2.33. The summed E-state index contributed by atoms with van der Waals surface area (Å²) >= 11 is 0.986. The van der Waals surface area contributed by atoms with Gasteiger partial charge in [-0.3, -0.25) is 4.99 Å². The standard InChI is InChI=1S/C15H18F3N7S/c16-15(17,18)11-10-26-12(23-11)2-5-20-13(19)24-6-8-25(9-7-24)14-21-3-1-4-22-14/h1,3-4,10H,2,5-9H2,(H2,19,20). The van der Waals surface area contributed by atoms with E-state index in [1.807, 2.05) is 4.90 Å². The van der Waals surface area contributed by atoms with Gasteiger partial charge in [0.15, 0.2) is 11.7 Å². The molecule has 0 radical (unpaired) electrons. The molecule has 1 fully saturated rings. The van der Waals surface area contributed by atoms with Gasteiger partial charge in [-0.25, -0.2) is 15.0 Å². The van der Waals surface area contributed by atoms with Crippen molar-refractivity contribution >= 4 is 23.2 Å². The fourth-order valence-corrected chi connectivity index (χ4v) is 3.31. The van der Waals surface area contributed by atoms with Crippen LogP contribution >= 0.6 is 11.3 Å². The molecule has 0 aromatic carbocycles. The molecular formula is C15H18F3N7S. The summed E-state index contributed by atoms with van der Waals surface area (Å²) in [6.07, 6.45) is -0.668. The number of rotatable bonds is 4. The quantitative estimate of drug-likeness (QED) is 0.636. The third kappa shape index (κ3) is 4.59. The molecule has 0 unspecified atom stereocenters. The summed E-state index contributed by atoms with van der Waals surface area (Å²) in [5.41, 5.74) is 5.15. The van der Waals surface area contributed by atoms with Crippen molar-refractivity contribution in [3.05, 3.63) is 34.5 Å². The van der Waals surface area contributed by atoms with Gasteiger partial charge in [0, 0.05) is 56.9 Å². The molecule has 11 heteroatoms. The van der Waals surface area contributed by atoms with E-state index in [9.17, 15) is 13.2 Å². The monoisotopic (exact) mass is 385 g/mol. The first-order valence-electron chi connectivity index (χ1n) is 8.02. The molecule has 1 aliphatic rings. The molecule has 1 aliphatic heterocycles. The Morgan fingerprint density at radius 3 is 2.50 bits per heavy atom. The highest BCUT2D eigenvalue weighted by Crippen LogP contribution is 2.30. The van der Waals surface area contributed by atoms with Crippen LogP contribution in [0.3, 0.4) is 0 Å². The Hall–Kier alpha value is -2.43. The van der Waals surface area contributed by atoms with Crippen LogP contribution in [0.2, 0.25) is 0 Å². The number of thiazole rings is 1. The van der Waals surface area contributed by atoms with Gasteiger partial charge in [0.1, 0.15) is 0 Å². The molecule has 2 aromatic heterocycles. The third-order valence-corrected chi connectivity index (χ3v) is 4.79. The van der Waals surface area contributed by atoms with Gasteiger partial charge < -0.3 is 15.5 Å². The number of alkyl halides is 3. The molecule has 1 saturated heterocycles. The number of hydrogen-bond acceptors (Lipinski definition) is 6. The van der Waals surface area contributed by atoms with E-state index in [0.29, 0.717) is 43.0 Å². The summed E-state index contributed by atoms with van der Waals surface area (Å²) < 4.78 is 37.6. The average Bonchev–Trinajstić information content (AvgIpc) is 3.12. The lowest BCUT2D eigenvalue weighted by Gasteiger charge is -2.35. The van der Waals surface area contributed by atoms with Crippen molar-refractivity contribution in [3.63, 3.8) is 0 Å². The fourth-order valence-electron chi connectivity index (χ4n) is 2.51. The minimum Gasteiger partial charge on any atom is -0.370 e. The van der Waals surface area contributed by atoms with Gasteiger partial charge in [-0.2, -0.15) is 13.2 Å². The highest BCUT2D eigenvalue weighted by atomic mass is 32.1. The normalized spacial score (nSPS) is 16.2. The molecular weight excluding hydrogens is 367 g/mol. The van der Waals surface area contributed by atoms with Crippen LogP contribution in [0.15, 0.2) is 28.8 Å². The number of hydrogen-bond donors (Lipinski definition) is 1. The molecule has 140 valence electrons. The molecule has 0 spiro atoms. The van der Waals surface area contributed by atoms with E-state index in [1.54, 1.807) is 18.5 Å². The smallest absolute Gasteiger partial charge is 0.370 e. The number of halogens is 3. The number of nitrogens with two attached hydrogens (primary N) is 1. The average molecular weight is 385 g/mol. The fraction of sp³-hybridized carbons (Fsp3) is 0.467. The Morgan fingerprint density at radius 2 is 1.88 bits per heavy atom. The van der Waals surface area contributed by atoms with Crippen molar-refractivity contribution in [1.82, 2.24) is 19.9 Å². The summed E-state index contributed by atoms with van der Waals surface area (Å²) in [6, 6.07) is 1.77. The van der Waals surface area contributed by atoms with Crippen molar-refractivity contribution < 1.29 is 13.2 Å². The maximum Gasteiger partial charge on any atom is 0.434 e. The van der Waals surface area contributed by atoms with E-state index in [0.717, 1.165) is 29.8 Å². The van der Waals surface area contributed by atoms with E-state index < -0.39 is 11.9 Å². The van der Waals surface area contributed by atoms with Crippen LogP contribution in [0.5, 0.6) is 0 Å². The zero-order valence-electron chi connectivity index (χ0n) is 13.9. The Kier molecular flexibility index (Phi) is 5.55. The van der Waals surface area contributed by atoms with E-state index in [-0.39, 0.29) is 0 Å². The SMILES string of the molecule is NC(=NCCc1nc(C(F)(F)F)cs1)N1CCN(c2ncccn2)CC1. The van der Waals surface area contributed by atoms with E-state index >= 15 is 0 Å². The number of guanidine groups is 1. The molecule has 3 rings (SSSR count). The summed E-state index contributed by atoms with van der Waals surface area (Å²) in [6.45, 7) is 3.12. The molecule has 0 atom stereocenters. The lowest BCUT2D eigenvalue weighted by Crippen LogP contribution is -2.51. The zero-order valence-corrected chi connectivity index (χ0v) is 14.7. The largest absolute Gasteiger partial charge is 0.434 e. The van der Waals surface area contributed by atoms with Gasteiger partial charge in [-0.15, -0.1) is 11.3 Å². The van der Waals surface area contributed by atoms with Crippen molar-refractivity contribution in [1.29, 1.82) is 0 Å². The van der Waals surface area contributed by atoms with Crippen LogP contribution in [-0.4, -0.2) is 58.5 Å². The number of piperazine rings is 1. The van der Waals surface area contributed by atoms with E-state index in [2.05, 4.69) is 24.8 Å². The summed E-state index contributed by atoms with van der Waals surface area (Å²) in [7, 11) is 0. The number of aromatic nitrogens is 3. The second-order valence-corrected chi connectivity index (χ2v) is 6.58. The predicted molar refractivity (Wildman–Crippen MR) is 93.1 cm³/mol. The van der Waals surface area contributed by atoms with Crippen molar-refractivity contribution in [2.45, 2.75) is 12.6 Å². The number of anilines is 1. The van der Waals surface area contributed by atoms with Crippen molar-refractivity contribution in [3.8, 4) is 0 Å². The molecule has 3 heterocycles. The van der Waals surface area contributed by atoms with Gasteiger partial charge >= 0.3 is 6.18 Å². The molecule has 0 aliphatic carbocycles. The third-order valence-electron chi connectivity index (χ3n) is 3.88. The molecule has 0 amide bonds. The Bertz CT molecular complexity index is 739. The summed E-state index contributed by atoms with van der Waals surface area (Å²) in [5, 5.41) is 1.42. The van der Waals surface area contributed by atoms with Crippen LogP contribution < -0.4 is 10.6 Å².